The second kappa shape index (κ2) is 9.23. The number of urea groups is 2. The molecule has 0 aromatic heterocycles. The largest absolute Gasteiger partial charge is 0.468 e. The third-order valence-corrected chi connectivity index (χ3v) is 5.67. The lowest BCUT2D eigenvalue weighted by Crippen LogP contribution is -2.58. The number of benzene rings is 2. The van der Waals surface area contributed by atoms with Crippen molar-refractivity contribution in [3.63, 3.8) is 0 Å². The Hall–Kier alpha value is -3.01. The van der Waals surface area contributed by atoms with Gasteiger partial charge in [-0.3, -0.25) is 14.9 Å². The van der Waals surface area contributed by atoms with E-state index in [2.05, 4.69) is 5.32 Å². The van der Waals surface area contributed by atoms with Crippen LogP contribution < -0.4 is 10.2 Å². The van der Waals surface area contributed by atoms with Crippen LogP contribution in [-0.4, -0.2) is 58.6 Å². The van der Waals surface area contributed by atoms with Crippen molar-refractivity contribution in [2.45, 2.75) is 25.6 Å². The molecule has 1 atom stereocenters. The van der Waals surface area contributed by atoms with Gasteiger partial charge in [-0.15, -0.1) is 0 Å². The normalized spacial score (nSPS) is 17.3. The summed E-state index contributed by atoms with van der Waals surface area (Å²) in [6, 6.07) is 11.1. The molecule has 1 aliphatic rings. The van der Waals surface area contributed by atoms with E-state index in [1.807, 2.05) is 0 Å². The van der Waals surface area contributed by atoms with Gasteiger partial charge in [0.05, 0.1) is 12.6 Å². The first-order chi connectivity index (χ1) is 15.1. The highest BCUT2D eigenvalue weighted by molar-refractivity contribution is 6.31. The van der Waals surface area contributed by atoms with Crippen molar-refractivity contribution in [3.8, 4) is 0 Å². The molecule has 0 spiro atoms. The number of hydrogen-bond donors (Lipinski definition) is 2. The number of halogens is 2. The molecule has 2 N–H and O–H groups in total. The van der Waals surface area contributed by atoms with Crippen molar-refractivity contribution in [2.24, 2.45) is 0 Å². The molecule has 1 aliphatic heterocycles. The summed E-state index contributed by atoms with van der Waals surface area (Å²) < 4.78 is 4.71. The molecule has 3 rings (SSSR count). The Bertz CT molecular complexity index is 1010. The molecular weight excluding hydrogens is 459 g/mol. The average molecular weight is 481 g/mol. The predicted molar refractivity (Wildman–Crippen MR) is 120 cm³/mol. The number of carbonyl (C=O) groups is 3. The van der Waals surface area contributed by atoms with Crippen LogP contribution in [-0.2, 0) is 9.53 Å². The van der Waals surface area contributed by atoms with Gasteiger partial charge in [0.2, 0.25) is 0 Å². The van der Waals surface area contributed by atoms with E-state index < -0.39 is 29.7 Å². The zero-order valence-electron chi connectivity index (χ0n) is 17.6. The summed E-state index contributed by atoms with van der Waals surface area (Å²) >= 11 is 11.8. The van der Waals surface area contributed by atoms with Gasteiger partial charge in [-0.1, -0.05) is 23.2 Å². The van der Waals surface area contributed by atoms with E-state index in [-0.39, 0.29) is 6.54 Å². The Morgan fingerprint density at radius 1 is 1.09 bits per heavy atom. The third kappa shape index (κ3) is 4.59. The minimum atomic E-state index is -1.19. The third-order valence-electron chi connectivity index (χ3n) is 5.16. The highest BCUT2D eigenvalue weighted by Crippen LogP contribution is 2.38. The van der Waals surface area contributed by atoms with Gasteiger partial charge in [0.25, 0.3) is 0 Å². The second-order valence-corrected chi connectivity index (χ2v) is 8.47. The van der Waals surface area contributed by atoms with Gasteiger partial charge < -0.3 is 15.0 Å². The van der Waals surface area contributed by atoms with E-state index in [4.69, 9.17) is 27.9 Å². The standard InChI is InChI=1S/C21H22Cl2N4O5/c1-21(2)18(27(31)19(29)24-15-8-4-13(22)5-9-15)26(16-10-6-14(23)7-11-16)20(30)25(21)12-17(28)32-3/h4-11,18,31H,12H2,1-3H3,(H,24,29). The highest BCUT2D eigenvalue weighted by atomic mass is 35.5. The highest BCUT2D eigenvalue weighted by Gasteiger charge is 2.56. The lowest BCUT2D eigenvalue weighted by atomic mass is 10.00. The van der Waals surface area contributed by atoms with Crippen molar-refractivity contribution in [1.29, 1.82) is 0 Å². The number of methoxy groups -OCH3 is 1. The Morgan fingerprint density at radius 3 is 2.16 bits per heavy atom. The van der Waals surface area contributed by atoms with Gasteiger partial charge >= 0.3 is 18.0 Å². The van der Waals surface area contributed by atoms with Crippen LogP contribution in [0.25, 0.3) is 0 Å². The van der Waals surface area contributed by atoms with Crippen LogP contribution in [0.15, 0.2) is 48.5 Å². The zero-order chi connectivity index (χ0) is 23.6. The Labute approximate surface area is 195 Å². The molecule has 1 unspecified atom stereocenters. The molecule has 0 aliphatic carbocycles. The molecule has 32 heavy (non-hydrogen) atoms. The number of carbonyl (C=O) groups excluding carboxylic acids is 3. The fourth-order valence-electron chi connectivity index (χ4n) is 3.49. The summed E-state index contributed by atoms with van der Waals surface area (Å²) in [5.74, 6) is -0.641. The number of nitrogens with zero attached hydrogens (tertiary/aromatic N) is 3. The quantitative estimate of drug-likeness (QED) is 0.374. The molecule has 0 bridgehead atoms. The average Bonchev–Trinajstić information content (AvgIpc) is 2.95. The number of ether oxygens (including phenoxy) is 1. The maximum atomic E-state index is 13.3. The molecule has 11 heteroatoms. The molecule has 4 amide bonds. The van der Waals surface area contributed by atoms with E-state index in [0.717, 1.165) is 0 Å². The molecule has 9 nitrogen and oxygen atoms in total. The SMILES string of the molecule is COC(=O)CN1C(=O)N(c2ccc(Cl)cc2)C(N(O)C(=O)Nc2ccc(Cl)cc2)C1(C)C. The van der Waals surface area contributed by atoms with E-state index in [0.29, 0.717) is 26.5 Å². The molecule has 170 valence electrons. The summed E-state index contributed by atoms with van der Waals surface area (Å²) in [6.45, 7) is 2.90. The molecular formula is C21H22Cl2N4O5. The van der Waals surface area contributed by atoms with E-state index in [1.54, 1.807) is 62.4 Å². The van der Waals surface area contributed by atoms with Crippen LogP contribution in [0.3, 0.4) is 0 Å². The fraction of sp³-hybridized carbons (Fsp3) is 0.286. The van der Waals surface area contributed by atoms with Crippen LogP contribution in [0.1, 0.15) is 13.8 Å². The monoisotopic (exact) mass is 480 g/mol. The van der Waals surface area contributed by atoms with Gasteiger partial charge in [0, 0.05) is 21.4 Å². The summed E-state index contributed by atoms with van der Waals surface area (Å²) in [6.07, 6.45) is -1.19. The van der Waals surface area contributed by atoms with Crippen molar-refractivity contribution in [1.82, 2.24) is 9.96 Å². The molecule has 1 heterocycles. The van der Waals surface area contributed by atoms with Crippen molar-refractivity contribution in [3.05, 3.63) is 58.6 Å². The molecule has 1 saturated heterocycles. The van der Waals surface area contributed by atoms with Gasteiger partial charge in [0.15, 0.2) is 6.17 Å². The second-order valence-electron chi connectivity index (χ2n) is 7.60. The topological polar surface area (TPSA) is 102 Å². The first-order valence-electron chi connectivity index (χ1n) is 9.54. The number of rotatable bonds is 5. The molecule has 2 aromatic carbocycles. The maximum Gasteiger partial charge on any atom is 0.347 e. The predicted octanol–water partition coefficient (Wildman–Crippen LogP) is 4.44. The number of anilines is 2. The van der Waals surface area contributed by atoms with E-state index in [1.165, 1.54) is 16.9 Å². The Kier molecular flexibility index (Phi) is 6.82. The first-order valence-corrected chi connectivity index (χ1v) is 10.3. The van der Waals surface area contributed by atoms with Crippen LogP contribution in [0.2, 0.25) is 10.0 Å². The van der Waals surface area contributed by atoms with Crippen molar-refractivity contribution >= 4 is 52.6 Å². The first kappa shape index (κ1) is 23.6. The smallest absolute Gasteiger partial charge is 0.347 e. The van der Waals surface area contributed by atoms with Crippen LogP contribution in [0, 0.1) is 0 Å². The number of hydroxylamine groups is 2. The van der Waals surface area contributed by atoms with Gasteiger partial charge in [-0.2, -0.15) is 5.06 Å². The number of hydrogen-bond acceptors (Lipinski definition) is 5. The van der Waals surface area contributed by atoms with E-state index in [9.17, 15) is 19.6 Å². The number of nitrogens with one attached hydrogen (secondary N) is 1. The van der Waals surface area contributed by atoms with Crippen LogP contribution in [0.5, 0.6) is 0 Å². The Balaban J connectivity index is 1.98. The Morgan fingerprint density at radius 2 is 1.62 bits per heavy atom. The summed E-state index contributed by atoms with van der Waals surface area (Å²) in [5, 5.41) is 14.8. The molecule has 1 fully saturated rings. The zero-order valence-corrected chi connectivity index (χ0v) is 19.1. The van der Waals surface area contributed by atoms with E-state index >= 15 is 0 Å². The summed E-state index contributed by atoms with van der Waals surface area (Å²) in [4.78, 5) is 40.6. The van der Waals surface area contributed by atoms with Crippen LogP contribution >= 0.6 is 23.2 Å². The lowest BCUT2D eigenvalue weighted by molar-refractivity contribution is -0.143. The van der Waals surface area contributed by atoms with Crippen molar-refractivity contribution < 1.29 is 24.3 Å². The van der Waals surface area contributed by atoms with Gasteiger partial charge in [-0.25, -0.2) is 9.59 Å². The number of amides is 4. The fourth-order valence-corrected chi connectivity index (χ4v) is 3.74. The minimum absolute atomic E-state index is 0.366. The molecule has 0 saturated carbocycles. The molecule has 0 radical (unpaired) electrons. The van der Waals surface area contributed by atoms with Gasteiger partial charge in [-0.05, 0) is 62.4 Å². The molecule has 2 aromatic rings. The van der Waals surface area contributed by atoms with Crippen LogP contribution in [0.4, 0.5) is 21.0 Å². The maximum absolute atomic E-state index is 13.3. The number of esters is 1. The minimum Gasteiger partial charge on any atom is -0.468 e. The van der Waals surface area contributed by atoms with Gasteiger partial charge in [0.1, 0.15) is 6.54 Å². The summed E-state index contributed by atoms with van der Waals surface area (Å²) in [5.41, 5.74) is -0.412. The summed E-state index contributed by atoms with van der Waals surface area (Å²) in [7, 11) is 1.21. The van der Waals surface area contributed by atoms with Crippen molar-refractivity contribution in [2.75, 3.05) is 23.9 Å². The lowest BCUT2D eigenvalue weighted by Gasteiger charge is -2.38.